The van der Waals surface area contributed by atoms with Crippen molar-refractivity contribution in [2.24, 2.45) is 28.6 Å². The average Bonchev–Trinajstić information content (AvgIpc) is 2.99. The zero-order chi connectivity index (χ0) is 21.9. The molecule has 3 N–H and O–H groups in total. The lowest BCUT2D eigenvalue weighted by Crippen LogP contribution is -2.52. The van der Waals surface area contributed by atoms with Gasteiger partial charge in [-0.05, 0) is 81.3 Å². The summed E-state index contributed by atoms with van der Waals surface area (Å²) in [5.74, 6) is 2.78. The minimum Gasteiger partial charge on any atom is -0.393 e. The van der Waals surface area contributed by atoms with Crippen LogP contribution in [0.4, 0.5) is 0 Å². The maximum atomic E-state index is 11.0. The third-order valence-electron chi connectivity index (χ3n) is 9.38. The third-order valence-corrected chi connectivity index (χ3v) is 10.7. The molecule has 4 aliphatic rings. The van der Waals surface area contributed by atoms with Gasteiger partial charge in [0.2, 0.25) is 0 Å². The predicted molar refractivity (Wildman–Crippen MR) is 125 cm³/mol. The van der Waals surface area contributed by atoms with E-state index in [1.807, 2.05) is 25.6 Å². The summed E-state index contributed by atoms with van der Waals surface area (Å²) < 4.78 is 0. The van der Waals surface area contributed by atoms with Crippen molar-refractivity contribution in [3.63, 3.8) is 0 Å². The SMILES string of the molecule is CC(SCCC(C)(C)O)[C@H]1CC[C@H]2C3=CC=C4CC(O)CC(O)[C@]4(C)[C@H]3CC[C@]12C. The molecule has 0 heterocycles. The Bertz CT molecular complexity index is 722. The summed E-state index contributed by atoms with van der Waals surface area (Å²) in [6, 6.07) is 0. The van der Waals surface area contributed by atoms with Crippen molar-refractivity contribution in [1.29, 1.82) is 0 Å². The molecule has 0 amide bonds. The Morgan fingerprint density at radius 2 is 1.87 bits per heavy atom. The fourth-order valence-corrected chi connectivity index (χ4v) is 9.14. The van der Waals surface area contributed by atoms with Gasteiger partial charge in [-0.15, -0.1) is 0 Å². The first-order valence-corrected chi connectivity index (χ1v) is 13.1. The van der Waals surface area contributed by atoms with Gasteiger partial charge in [-0.2, -0.15) is 11.8 Å². The summed E-state index contributed by atoms with van der Waals surface area (Å²) in [6.07, 6.45) is 10.8. The quantitative estimate of drug-likeness (QED) is 0.563. The zero-order valence-corrected chi connectivity index (χ0v) is 20.3. The zero-order valence-electron chi connectivity index (χ0n) is 19.5. The van der Waals surface area contributed by atoms with E-state index < -0.39 is 17.8 Å². The van der Waals surface area contributed by atoms with Gasteiger partial charge in [0.25, 0.3) is 0 Å². The molecule has 8 atom stereocenters. The maximum Gasteiger partial charge on any atom is 0.0661 e. The Balaban J connectivity index is 1.53. The van der Waals surface area contributed by atoms with Crippen LogP contribution in [0.25, 0.3) is 0 Å². The molecule has 4 heteroatoms. The highest BCUT2D eigenvalue weighted by Gasteiger charge is 2.58. The highest BCUT2D eigenvalue weighted by Crippen LogP contribution is 2.66. The second-order valence-electron chi connectivity index (χ2n) is 11.7. The topological polar surface area (TPSA) is 60.7 Å². The Morgan fingerprint density at radius 3 is 2.57 bits per heavy atom. The minimum atomic E-state index is -0.576. The lowest BCUT2D eigenvalue weighted by atomic mass is 9.49. The number of allylic oxidation sites excluding steroid dienone is 3. The van der Waals surface area contributed by atoms with E-state index in [4.69, 9.17) is 0 Å². The fourth-order valence-electron chi connectivity index (χ4n) is 7.47. The number of fused-ring (bicyclic) bond motifs is 5. The van der Waals surface area contributed by atoms with Crippen LogP contribution in [0.15, 0.2) is 23.3 Å². The van der Waals surface area contributed by atoms with Crippen molar-refractivity contribution < 1.29 is 15.3 Å². The first-order chi connectivity index (χ1) is 14.0. The summed E-state index contributed by atoms with van der Waals surface area (Å²) >= 11 is 2.04. The van der Waals surface area contributed by atoms with E-state index in [1.54, 1.807) is 5.57 Å². The number of hydrogen-bond donors (Lipinski definition) is 3. The monoisotopic (exact) mass is 434 g/mol. The Kier molecular flexibility index (Phi) is 6.05. The molecule has 0 saturated heterocycles. The molecule has 3 unspecified atom stereocenters. The molecule has 0 aliphatic heterocycles. The molecular formula is C26H42O3S. The van der Waals surface area contributed by atoms with Crippen LogP contribution < -0.4 is 0 Å². The van der Waals surface area contributed by atoms with Gasteiger partial charge in [0.15, 0.2) is 0 Å². The molecule has 0 aromatic carbocycles. The van der Waals surface area contributed by atoms with Gasteiger partial charge in [0.05, 0.1) is 17.8 Å². The van der Waals surface area contributed by atoms with Crippen molar-refractivity contribution in [1.82, 2.24) is 0 Å². The number of rotatable bonds is 5. The highest BCUT2D eigenvalue weighted by molar-refractivity contribution is 7.99. The number of aliphatic hydroxyl groups excluding tert-OH is 2. The molecule has 3 saturated carbocycles. The van der Waals surface area contributed by atoms with E-state index in [0.717, 1.165) is 18.6 Å². The minimum absolute atomic E-state index is 0.199. The van der Waals surface area contributed by atoms with E-state index in [2.05, 4.69) is 32.9 Å². The molecular weight excluding hydrogens is 392 g/mol. The fraction of sp³-hybridized carbons (Fsp3) is 0.846. The van der Waals surface area contributed by atoms with Crippen LogP contribution in [0, 0.1) is 28.6 Å². The lowest BCUT2D eigenvalue weighted by Gasteiger charge is -2.56. The van der Waals surface area contributed by atoms with Gasteiger partial charge in [-0.25, -0.2) is 0 Å². The second-order valence-corrected chi connectivity index (χ2v) is 13.2. The largest absolute Gasteiger partial charge is 0.393 e. The van der Waals surface area contributed by atoms with Crippen molar-refractivity contribution in [2.45, 2.75) is 103 Å². The Hall–Kier alpha value is -0.290. The molecule has 3 fully saturated rings. The number of aliphatic hydroxyl groups is 3. The summed E-state index contributed by atoms with van der Waals surface area (Å²) in [5.41, 5.74) is 2.41. The van der Waals surface area contributed by atoms with Gasteiger partial charge in [-0.3, -0.25) is 0 Å². The average molecular weight is 435 g/mol. The van der Waals surface area contributed by atoms with Gasteiger partial charge in [0.1, 0.15) is 0 Å². The van der Waals surface area contributed by atoms with E-state index in [1.165, 1.54) is 24.8 Å². The first kappa shape index (κ1) is 22.9. The van der Waals surface area contributed by atoms with Crippen LogP contribution in [-0.2, 0) is 0 Å². The normalized spacial score (nSPS) is 44.5. The van der Waals surface area contributed by atoms with Crippen molar-refractivity contribution in [2.75, 3.05) is 5.75 Å². The van der Waals surface area contributed by atoms with Crippen LogP contribution >= 0.6 is 11.8 Å². The molecule has 3 nitrogen and oxygen atoms in total. The third kappa shape index (κ3) is 3.74. The second kappa shape index (κ2) is 7.93. The molecule has 0 bridgehead atoms. The van der Waals surface area contributed by atoms with Gasteiger partial charge >= 0.3 is 0 Å². The van der Waals surface area contributed by atoms with E-state index >= 15 is 0 Å². The van der Waals surface area contributed by atoms with E-state index in [-0.39, 0.29) is 5.41 Å². The summed E-state index contributed by atoms with van der Waals surface area (Å²) in [7, 11) is 0. The van der Waals surface area contributed by atoms with Gasteiger partial charge < -0.3 is 15.3 Å². The van der Waals surface area contributed by atoms with Crippen LogP contribution in [0.2, 0.25) is 0 Å². The van der Waals surface area contributed by atoms with Crippen LogP contribution in [0.5, 0.6) is 0 Å². The highest BCUT2D eigenvalue weighted by atomic mass is 32.2. The molecule has 170 valence electrons. The predicted octanol–water partition coefficient (Wildman–Crippen LogP) is 5.10. The molecule has 4 aliphatic carbocycles. The molecule has 30 heavy (non-hydrogen) atoms. The molecule has 0 radical (unpaired) electrons. The lowest BCUT2D eigenvalue weighted by molar-refractivity contribution is -0.0526. The standard InChI is InChI=1S/C26H42O3S/c1-16(30-13-12-24(2,3)29)20-8-9-21-19-7-6-17-14-18(27)15-23(28)26(17,5)22(19)10-11-25(20,21)4/h6-7,16,18,20-23,27-29H,8-15H2,1-5H3/t16?,18?,20-,21+,22+,23?,25-,26+/m1/s1. The molecule has 0 spiro atoms. The smallest absolute Gasteiger partial charge is 0.0661 e. The van der Waals surface area contributed by atoms with E-state index in [9.17, 15) is 15.3 Å². The van der Waals surface area contributed by atoms with Gasteiger partial charge in [0, 0.05) is 17.1 Å². The van der Waals surface area contributed by atoms with Crippen molar-refractivity contribution in [3.8, 4) is 0 Å². The number of hydrogen-bond acceptors (Lipinski definition) is 4. The summed E-state index contributed by atoms with van der Waals surface area (Å²) in [4.78, 5) is 0. The number of thioether (sulfide) groups is 1. The first-order valence-electron chi connectivity index (χ1n) is 12.1. The molecule has 4 rings (SSSR count). The van der Waals surface area contributed by atoms with Gasteiger partial charge in [-0.1, -0.05) is 44.1 Å². The van der Waals surface area contributed by atoms with Crippen LogP contribution in [0.3, 0.4) is 0 Å². The summed E-state index contributed by atoms with van der Waals surface area (Å²) in [5, 5.41) is 31.9. The summed E-state index contributed by atoms with van der Waals surface area (Å²) in [6.45, 7) is 11.0. The van der Waals surface area contributed by atoms with E-state index in [0.29, 0.717) is 41.3 Å². The maximum absolute atomic E-state index is 11.0. The Labute approximate surface area is 187 Å². The van der Waals surface area contributed by atoms with Crippen molar-refractivity contribution in [3.05, 3.63) is 23.3 Å². The van der Waals surface area contributed by atoms with Crippen molar-refractivity contribution >= 4 is 11.8 Å². The Morgan fingerprint density at radius 1 is 1.13 bits per heavy atom. The van der Waals surface area contributed by atoms with Crippen LogP contribution in [-0.4, -0.2) is 44.1 Å². The molecule has 0 aromatic heterocycles. The van der Waals surface area contributed by atoms with Crippen LogP contribution in [0.1, 0.15) is 79.6 Å². The molecule has 0 aromatic rings.